The molecule has 2 aromatic carbocycles. The lowest BCUT2D eigenvalue weighted by Crippen LogP contribution is -2.39. The Hall–Kier alpha value is -1.55. The zero-order chi connectivity index (χ0) is 16.1. The number of para-hydroxylation sites is 1. The van der Waals surface area contributed by atoms with E-state index in [0.29, 0.717) is 16.6 Å². The van der Waals surface area contributed by atoms with Crippen molar-refractivity contribution >= 4 is 34.8 Å². The summed E-state index contributed by atoms with van der Waals surface area (Å²) in [6, 6.07) is 14.5. The molecule has 0 spiro atoms. The van der Waals surface area contributed by atoms with Gasteiger partial charge < -0.3 is 5.32 Å². The molecular weight excluding hydrogens is 319 g/mol. The van der Waals surface area contributed by atoms with Gasteiger partial charge in [-0.3, -0.25) is 9.69 Å². The monoisotopic (exact) mass is 336 g/mol. The van der Waals surface area contributed by atoms with E-state index >= 15 is 0 Å². The Balaban J connectivity index is 1.99. The fourth-order valence-electron chi connectivity index (χ4n) is 2.02. The molecule has 0 aliphatic carbocycles. The lowest BCUT2D eigenvalue weighted by Gasteiger charge is -2.24. The predicted molar refractivity (Wildman–Crippen MR) is 92.5 cm³/mol. The van der Waals surface area contributed by atoms with Crippen LogP contribution in [0, 0.1) is 0 Å². The summed E-state index contributed by atoms with van der Waals surface area (Å²) < 4.78 is 0. The molecule has 3 nitrogen and oxygen atoms in total. The second-order valence-corrected chi connectivity index (χ2v) is 6.03. The number of anilines is 1. The number of carbonyl (C=O) groups is 1. The van der Waals surface area contributed by atoms with Gasteiger partial charge >= 0.3 is 0 Å². The van der Waals surface area contributed by atoms with Crippen molar-refractivity contribution in [3.63, 3.8) is 0 Å². The second-order valence-electron chi connectivity index (χ2n) is 5.18. The van der Waals surface area contributed by atoms with Gasteiger partial charge in [-0.2, -0.15) is 0 Å². The van der Waals surface area contributed by atoms with Crippen molar-refractivity contribution in [2.75, 3.05) is 12.4 Å². The number of hydrogen-bond acceptors (Lipinski definition) is 2. The van der Waals surface area contributed by atoms with E-state index in [0.717, 1.165) is 11.3 Å². The second kappa shape index (κ2) is 7.63. The van der Waals surface area contributed by atoms with Crippen molar-refractivity contribution in [3.8, 4) is 0 Å². The number of rotatable bonds is 5. The summed E-state index contributed by atoms with van der Waals surface area (Å²) in [6.07, 6.45) is 0. The molecule has 1 atom stereocenters. The standard InChI is InChI=1S/C17H18Cl2N2O/c1-12(17(22)20-15-6-4-3-5-7-15)21(2)11-13-8-9-14(18)10-16(13)19/h3-10,12H,11H2,1-2H3,(H,20,22)/t12-/m1/s1. The van der Waals surface area contributed by atoms with Crippen molar-refractivity contribution in [2.45, 2.75) is 19.5 Å². The molecule has 0 heterocycles. The SMILES string of the molecule is C[C@H](C(=O)Nc1ccccc1)N(C)Cc1ccc(Cl)cc1Cl. The first-order valence-electron chi connectivity index (χ1n) is 6.97. The van der Waals surface area contributed by atoms with E-state index in [9.17, 15) is 4.79 Å². The summed E-state index contributed by atoms with van der Waals surface area (Å²) in [4.78, 5) is 14.2. The van der Waals surface area contributed by atoms with E-state index in [2.05, 4.69) is 5.32 Å². The molecule has 0 aromatic heterocycles. The largest absolute Gasteiger partial charge is 0.325 e. The fraction of sp³-hybridized carbons (Fsp3) is 0.235. The van der Waals surface area contributed by atoms with Crippen LogP contribution in [-0.4, -0.2) is 23.9 Å². The molecule has 0 fully saturated rings. The quantitative estimate of drug-likeness (QED) is 0.874. The van der Waals surface area contributed by atoms with E-state index in [1.807, 2.05) is 55.3 Å². The number of halogens is 2. The Morgan fingerprint density at radius 2 is 1.86 bits per heavy atom. The zero-order valence-corrected chi connectivity index (χ0v) is 14.0. The Kier molecular flexibility index (Phi) is 5.83. The van der Waals surface area contributed by atoms with Crippen LogP contribution in [0.5, 0.6) is 0 Å². The number of hydrogen-bond donors (Lipinski definition) is 1. The average molecular weight is 337 g/mol. The number of benzene rings is 2. The van der Waals surface area contributed by atoms with Gasteiger partial charge in [0.15, 0.2) is 0 Å². The summed E-state index contributed by atoms with van der Waals surface area (Å²) in [6.45, 7) is 2.43. The van der Waals surface area contributed by atoms with Crippen LogP contribution in [0.2, 0.25) is 10.0 Å². The molecule has 2 aromatic rings. The first kappa shape index (κ1) is 16.8. The number of carbonyl (C=O) groups excluding carboxylic acids is 1. The minimum absolute atomic E-state index is 0.0567. The van der Waals surface area contributed by atoms with Crippen LogP contribution in [0.25, 0.3) is 0 Å². The molecule has 0 saturated carbocycles. The van der Waals surface area contributed by atoms with Gasteiger partial charge in [-0.1, -0.05) is 47.5 Å². The lowest BCUT2D eigenvalue weighted by atomic mass is 10.2. The summed E-state index contributed by atoms with van der Waals surface area (Å²) in [7, 11) is 1.89. The summed E-state index contributed by atoms with van der Waals surface area (Å²) in [5, 5.41) is 4.11. The van der Waals surface area contributed by atoms with Gasteiger partial charge in [0.2, 0.25) is 5.91 Å². The molecular formula is C17H18Cl2N2O. The minimum atomic E-state index is -0.285. The smallest absolute Gasteiger partial charge is 0.241 e. The molecule has 1 amide bonds. The highest BCUT2D eigenvalue weighted by Gasteiger charge is 2.19. The topological polar surface area (TPSA) is 32.3 Å². The highest BCUT2D eigenvalue weighted by Crippen LogP contribution is 2.22. The number of likely N-dealkylation sites (N-methyl/N-ethyl adjacent to an activating group) is 1. The summed E-state index contributed by atoms with van der Waals surface area (Å²) in [5.74, 6) is -0.0567. The minimum Gasteiger partial charge on any atom is -0.325 e. The van der Waals surface area contributed by atoms with Crippen LogP contribution in [0.4, 0.5) is 5.69 Å². The third kappa shape index (κ3) is 4.47. The molecule has 116 valence electrons. The highest BCUT2D eigenvalue weighted by molar-refractivity contribution is 6.35. The van der Waals surface area contributed by atoms with E-state index in [4.69, 9.17) is 23.2 Å². The summed E-state index contributed by atoms with van der Waals surface area (Å²) >= 11 is 12.1. The molecule has 0 aliphatic rings. The van der Waals surface area contributed by atoms with Gasteiger partial charge in [0.1, 0.15) is 0 Å². The summed E-state index contributed by atoms with van der Waals surface area (Å²) in [5.41, 5.74) is 1.73. The Morgan fingerprint density at radius 3 is 2.50 bits per heavy atom. The van der Waals surface area contributed by atoms with Crippen molar-refractivity contribution < 1.29 is 4.79 Å². The third-order valence-electron chi connectivity index (χ3n) is 3.52. The molecule has 0 saturated heterocycles. The van der Waals surface area contributed by atoms with Gasteiger partial charge in [0.25, 0.3) is 0 Å². The van der Waals surface area contributed by atoms with Gasteiger partial charge in [-0.15, -0.1) is 0 Å². The molecule has 0 aliphatic heterocycles. The highest BCUT2D eigenvalue weighted by atomic mass is 35.5. The molecule has 1 N–H and O–H groups in total. The number of nitrogens with zero attached hydrogens (tertiary/aromatic N) is 1. The van der Waals surface area contributed by atoms with Crippen molar-refractivity contribution in [3.05, 3.63) is 64.1 Å². The maximum Gasteiger partial charge on any atom is 0.241 e. The van der Waals surface area contributed by atoms with E-state index in [1.165, 1.54) is 0 Å². The van der Waals surface area contributed by atoms with Crippen molar-refractivity contribution in [1.82, 2.24) is 4.90 Å². The molecule has 2 rings (SSSR count). The Morgan fingerprint density at radius 1 is 1.18 bits per heavy atom. The number of amides is 1. The predicted octanol–water partition coefficient (Wildman–Crippen LogP) is 4.45. The van der Waals surface area contributed by atoms with Crippen molar-refractivity contribution in [1.29, 1.82) is 0 Å². The van der Waals surface area contributed by atoms with Gasteiger partial charge in [-0.05, 0) is 43.8 Å². The zero-order valence-electron chi connectivity index (χ0n) is 12.5. The molecule has 5 heteroatoms. The van der Waals surface area contributed by atoms with Gasteiger partial charge in [0.05, 0.1) is 6.04 Å². The van der Waals surface area contributed by atoms with Crippen LogP contribution in [0.15, 0.2) is 48.5 Å². The molecule has 0 unspecified atom stereocenters. The van der Waals surface area contributed by atoms with Crippen LogP contribution >= 0.6 is 23.2 Å². The van der Waals surface area contributed by atoms with E-state index < -0.39 is 0 Å². The Labute approximate surface area is 140 Å². The van der Waals surface area contributed by atoms with Gasteiger partial charge in [-0.25, -0.2) is 0 Å². The first-order valence-corrected chi connectivity index (χ1v) is 7.73. The van der Waals surface area contributed by atoms with Crippen molar-refractivity contribution in [2.24, 2.45) is 0 Å². The lowest BCUT2D eigenvalue weighted by molar-refractivity contribution is -0.120. The third-order valence-corrected chi connectivity index (χ3v) is 4.10. The van der Waals surface area contributed by atoms with Gasteiger partial charge in [0, 0.05) is 22.3 Å². The normalized spacial score (nSPS) is 12.2. The van der Waals surface area contributed by atoms with Crippen LogP contribution < -0.4 is 5.32 Å². The molecule has 0 radical (unpaired) electrons. The van der Waals surface area contributed by atoms with Crippen LogP contribution in [0.3, 0.4) is 0 Å². The average Bonchev–Trinajstić information content (AvgIpc) is 2.50. The Bertz CT molecular complexity index is 646. The fourth-order valence-corrected chi connectivity index (χ4v) is 2.49. The van der Waals surface area contributed by atoms with E-state index in [-0.39, 0.29) is 11.9 Å². The van der Waals surface area contributed by atoms with Crippen LogP contribution in [0.1, 0.15) is 12.5 Å². The number of nitrogens with one attached hydrogen (secondary N) is 1. The molecule has 22 heavy (non-hydrogen) atoms. The maximum atomic E-state index is 12.3. The van der Waals surface area contributed by atoms with Crippen LogP contribution in [-0.2, 0) is 11.3 Å². The first-order chi connectivity index (χ1) is 10.5. The maximum absolute atomic E-state index is 12.3. The molecule has 0 bridgehead atoms. The van der Waals surface area contributed by atoms with E-state index in [1.54, 1.807) is 12.1 Å².